The van der Waals surface area contributed by atoms with Crippen LogP contribution in [0.15, 0.2) is 81.3 Å². The first-order chi connectivity index (χ1) is 15.5. The summed E-state index contributed by atoms with van der Waals surface area (Å²) in [6, 6.07) is 17.8. The Morgan fingerprint density at radius 3 is 2.31 bits per heavy atom. The third-order valence-electron chi connectivity index (χ3n) is 5.47. The second-order valence-electron chi connectivity index (χ2n) is 7.17. The summed E-state index contributed by atoms with van der Waals surface area (Å²) in [5.74, 6) is -1.39. The number of nitrogens with one attached hydrogen (secondary N) is 2. The number of nitrogens with two attached hydrogens (primary N) is 1. The highest BCUT2D eigenvalue weighted by Gasteiger charge is 2.36. The zero-order chi connectivity index (χ0) is 22.4. The quantitative estimate of drug-likeness (QED) is 0.451. The molecule has 32 heavy (non-hydrogen) atoms. The molecule has 0 saturated heterocycles. The molecule has 0 amide bonds. The monoisotopic (exact) mass is 422 g/mol. The van der Waals surface area contributed by atoms with Crippen molar-refractivity contribution >= 4 is 27.6 Å². The summed E-state index contributed by atoms with van der Waals surface area (Å²) in [5, 5.41) is 23.4. The van der Waals surface area contributed by atoms with Gasteiger partial charge in [-0.25, -0.2) is 0 Å². The summed E-state index contributed by atoms with van der Waals surface area (Å²) in [4.78, 5) is 28.9. The van der Waals surface area contributed by atoms with E-state index in [0.717, 1.165) is 15.6 Å². The summed E-state index contributed by atoms with van der Waals surface area (Å²) in [7, 11) is 0. The standard InChI is InChI=1S/C23H14N6O3/c24-9-15-19(17-11-27-18-8-4-3-5-12(17)18)16(10-25)23(32-20(15)26)29-22(31)14-7-2-1-6-13(14)21(30)28-29/h1-8,11,19,27H,26H2,(H,28,30). The van der Waals surface area contributed by atoms with E-state index in [1.165, 1.54) is 12.1 Å². The zero-order valence-electron chi connectivity index (χ0n) is 16.4. The largest absolute Gasteiger partial charge is 0.421 e. The van der Waals surface area contributed by atoms with E-state index in [4.69, 9.17) is 10.5 Å². The van der Waals surface area contributed by atoms with Gasteiger partial charge in [-0.1, -0.05) is 30.3 Å². The van der Waals surface area contributed by atoms with Gasteiger partial charge in [0.25, 0.3) is 11.1 Å². The van der Waals surface area contributed by atoms with Gasteiger partial charge in [0.1, 0.15) is 23.3 Å². The second kappa shape index (κ2) is 7.04. The van der Waals surface area contributed by atoms with E-state index in [1.807, 2.05) is 30.3 Å². The lowest BCUT2D eigenvalue weighted by Gasteiger charge is -2.25. The van der Waals surface area contributed by atoms with Crippen molar-refractivity contribution in [3.8, 4) is 12.1 Å². The Balaban J connectivity index is 1.84. The Labute approximate surface area is 179 Å². The van der Waals surface area contributed by atoms with Gasteiger partial charge in [0.2, 0.25) is 11.8 Å². The van der Waals surface area contributed by atoms with Gasteiger partial charge in [0.15, 0.2) is 0 Å². The number of hydrogen-bond donors (Lipinski definition) is 3. The van der Waals surface area contributed by atoms with Crippen LogP contribution in [0, 0.1) is 22.7 Å². The van der Waals surface area contributed by atoms with E-state index in [1.54, 1.807) is 18.3 Å². The molecule has 5 rings (SSSR count). The van der Waals surface area contributed by atoms with Crippen LogP contribution in [0.2, 0.25) is 0 Å². The molecule has 1 aliphatic rings. The molecule has 0 spiro atoms. The van der Waals surface area contributed by atoms with Gasteiger partial charge >= 0.3 is 0 Å². The molecular weight excluding hydrogens is 408 g/mol. The smallest absolute Gasteiger partial charge is 0.280 e. The Kier molecular flexibility index (Phi) is 4.18. The van der Waals surface area contributed by atoms with Crippen molar-refractivity contribution in [2.75, 3.05) is 0 Å². The van der Waals surface area contributed by atoms with Crippen molar-refractivity contribution < 1.29 is 4.74 Å². The van der Waals surface area contributed by atoms with Crippen LogP contribution in [0.5, 0.6) is 0 Å². The Bertz CT molecular complexity index is 1690. The van der Waals surface area contributed by atoms with Crippen molar-refractivity contribution in [3.63, 3.8) is 0 Å². The van der Waals surface area contributed by atoms with Gasteiger partial charge in [-0.2, -0.15) is 15.2 Å². The number of fused-ring (bicyclic) bond motifs is 2. The molecule has 154 valence electrons. The molecule has 0 fully saturated rings. The minimum Gasteiger partial charge on any atom is -0.421 e. The number of ether oxygens (including phenoxy) is 1. The van der Waals surface area contributed by atoms with Gasteiger partial charge in [-0.15, -0.1) is 0 Å². The first-order valence-corrected chi connectivity index (χ1v) is 9.57. The molecule has 2 aromatic heterocycles. The lowest BCUT2D eigenvalue weighted by molar-refractivity contribution is 0.322. The van der Waals surface area contributed by atoms with E-state index in [2.05, 4.69) is 16.2 Å². The molecule has 9 nitrogen and oxygen atoms in total. The van der Waals surface area contributed by atoms with Gasteiger partial charge in [-0.3, -0.25) is 14.7 Å². The van der Waals surface area contributed by atoms with Crippen LogP contribution in [-0.2, 0) is 4.74 Å². The third-order valence-corrected chi connectivity index (χ3v) is 5.47. The number of H-pyrrole nitrogens is 2. The van der Waals surface area contributed by atoms with Crippen molar-refractivity contribution in [1.82, 2.24) is 14.8 Å². The molecule has 0 bridgehead atoms. The van der Waals surface area contributed by atoms with Crippen molar-refractivity contribution in [2.45, 2.75) is 5.92 Å². The summed E-state index contributed by atoms with van der Waals surface area (Å²) < 4.78 is 6.45. The van der Waals surface area contributed by atoms with Crippen molar-refractivity contribution in [1.29, 1.82) is 10.5 Å². The number of aromatic amines is 2. The highest BCUT2D eigenvalue weighted by Crippen LogP contribution is 2.42. The molecule has 1 aliphatic heterocycles. The molecule has 3 heterocycles. The number of nitrogens with zero attached hydrogens (tertiary/aromatic N) is 3. The number of hydrogen-bond acceptors (Lipinski definition) is 6. The van der Waals surface area contributed by atoms with Crippen LogP contribution in [0.1, 0.15) is 11.5 Å². The van der Waals surface area contributed by atoms with Gasteiger partial charge < -0.3 is 15.5 Å². The fourth-order valence-corrected chi connectivity index (χ4v) is 4.01. The predicted molar refractivity (Wildman–Crippen MR) is 117 cm³/mol. The average molecular weight is 422 g/mol. The number of nitriles is 2. The van der Waals surface area contributed by atoms with Gasteiger partial charge in [0.05, 0.1) is 16.7 Å². The number of allylic oxidation sites excluding steroid dienone is 2. The van der Waals surface area contributed by atoms with Crippen LogP contribution >= 0.6 is 0 Å². The number of benzene rings is 2. The molecule has 0 aliphatic carbocycles. The topological polar surface area (TPSA) is 153 Å². The molecule has 9 heteroatoms. The maximum atomic E-state index is 13.1. The second-order valence-corrected chi connectivity index (χ2v) is 7.17. The van der Waals surface area contributed by atoms with Crippen molar-refractivity contribution in [3.05, 3.63) is 98.0 Å². The van der Waals surface area contributed by atoms with Gasteiger partial charge in [-0.05, 0) is 23.8 Å². The summed E-state index contributed by atoms with van der Waals surface area (Å²) >= 11 is 0. The highest BCUT2D eigenvalue weighted by molar-refractivity contribution is 5.86. The Hall–Kier alpha value is -5.02. The first kappa shape index (κ1) is 19.0. The summed E-state index contributed by atoms with van der Waals surface area (Å²) in [6.07, 6.45) is 1.69. The van der Waals surface area contributed by atoms with Crippen LogP contribution < -0.4 is 16.9 Å². The Morgan fingerprint density at radius 1 is 0.938 bits per heavy atom. The predicted octanol–water partition coefficient (Wildman–Crippen LogP) is 2.37. The lowest BCUT2D eigenvalue weighted by Crippen LogP contribution is -2.33. The average Bonchev–Trinajstić information content (AvgIpc) is 3.24. The normalized spacial score (nSPS) is 16.1. The number of rotatable bonds is 2. The fraction of sp³-hybridized carbons (Fsp3) is 0.0435. The van der Waals surface area contributed by atoms with Crippen LogP contribution in [0.3, 0.4) is 0 Å². The zero-order valence-corrected chi connectivity index (χ0v) is 16.4. The molecule has 4 aromatic rings. The summed E-state index contributed by atoms with van der Waals surface area (Å²) in [6.45, 7) is 0. The molecule has 1 atom stereocenters. The van der Waals surface area contributed by atoms with E-state index in [9.17, 15) is 20.1 Å². The minimum atomic E-state index is -0.897. The van der Waals surface area contributed by atoms with Gasteiger partial charge in [0, 0.05) is 17.1 Å². The summed E-state index contributed by atoms with van der Waals surface area (Å²) in [5.41, 5.74) is 6.35. The maximum absolute atomic E-state index is 13.1. The van der Waals surface area contributed by atoms with E-state index in [-0.39, 0.29) is 33.7 Å². The number of para-hydroxylation sites is 1. The van der Waals surface area contributed by atoms with Crippen LogP contribution in [0.4, 0.5) is 0 Å². The molecule has 2 aromatic carbocycles. The number of aromatic nitrogens is 3. The maximum Gasteiger partial charge on any atom is 0.280 e. The van der Waals surface area contributed by atoms with Crippen LogP contribution in [-0.4, -0.2) is 14.8 Å². The Morgan fingerprint density at radius 2 is 1.59 bits per heavy atom. The van der Waals surface area contributed by atoms with Crippen molar-refractivity contribution in [2.24, 2.45) is 5.73 Å². The third kappa shape index (κ3) is 2.62. The molecule has 4 N–H and O–H groups in total. The fourth-order valence-electron chi connectivity index (χ4n) is 4.01. The molecule has 1 unspecified atom stereocenters. The lowest BCUT2D eigenvalue weighted by atomic mass is 9.84. The van der Waals surface area contributed by atoms with E-state index >= 15 is 0 Å². The van der Waals surface area contributed by atoms with E-state index in [0.29, 0.717) is 5.56 Å². The minimum absolute atomic E-state index is 0.0336. The molecule has 0 radical (unpaired) electrons. The highest BCUT2D eigenvalue weighted by atomic mass is 16.5. The van der Waals surface area contributed by atoms with Crippen LogP contribution in [0.25, 0.3) is 27.6 Å². The molecule has 0 saturated carbocycles. The first-order valence-electron chi connectivity index (χ1n) is 9.57. The SMILES string of the molecule is N#CC1=C(N)OC(n2[nH]c(=O)c3ccccc3c2=O)=C(C#N)C1c1c[nH]c2ccccc12. The van der Waals surface area contributed by atoms with E-state index < -0.39 is 17.0 Å². The molecular formula is C23H14N6O3.